The van der Waals surface area contributed by atoms with Crippen LogP contribution in [0.2, 0.25) is 0 Å². The highest BCUT2D eigenvalue weighted by Crippen LogP contribution is 2.33. The van der Waals surface area contributed by atoms with E-state index in [2.05, 4.69) is 15.5 Å². The molecule has 4 rings (SSSR count). The van der Waals surface area contributed by atoms with Crippen molar-refractivity contribution in [3.05, 3.63) is 33.1 Å². The molecule has 1 aliphatic carbocycles. The maximum absolute atomic E-state index is 12.8. The first-order chi connectivity index (χ1) is 10.7. The van der Waals surface area contributed by atoms with Crippen LogP contribution < -0.4 is 0 Å². The number of amides is 1. The van der Waals surface area contributed by atoms with E-state index in [4.69, 9.17) is 4.52 Å². The molecule has 2 aromatic rings. The van der Waals surface area contributed by atoms with Gasteiger partial charge < -0.3 is 9.42 Å². The van der Waals surface area contributed by atoms with Crippen LogP contribution in [0.1, 0.15) is 57.7 Å². The molecule has 1 unspecified atom stereocenters. The van der Waals surface area contributed by atoms with Gasteiger partial charge in [-0.2, -0.15) is 4.98 Å². The van der Waals surface area contributed by atoms with Crippen molar-refractivity contribution in [1.82, 2.24) is 15.0 Å². The second-order valence-electron chi connectivity index (χ2n) is 6.19. The zero-order valence-electron chi connectivity index (χ0n) is 12.7. The minimum atomic E-state index is 0.181. The van der Waals surface area contributed by atoms with E-state index in [0.717, 1.165) is 30.7 Å². The molecule has 6 heteroatoms. The normalized spacial score (nSPS) is 21.1. The lowest BCUT2D eigenvalue weighted by Gasteiger charge is -2.18. The second kappa shape index (κ2) is 5.50. The zero-order chi connectivity index (χ0) is 15.1. The number of fused-ring (bicyclic) bond motifs is 1. The van der Waals surface area contributed by atoms with Crippen molar-refractivity contribution in [3.8, 4) is 0 Å². The van der Waals surface area contributed by atoms with E-state index in [1.54, 1.807) is 11.3 Å². The van der Waals surface area contributed by atoms with Gasteiger partial charge in [0.1, 0.15) is 0 Å². The van der Waals surface area contributed by atoms with E-state index in [1.807, 2.05) is 11.8 Å². The number of thiophene rings is 1. The SMILES string of the molecule is Cc1noc(C2CCN(C(=O)c3scc4c3CCCC4)C2)n1. The fraction of sp³-hybridized carbons (Fsp3) is 0.562. The minimum absolute atomic E-state index is 0.181. The largest absolute Gasteiger partial charge is 0.339 e. The first-order valence-electron chi connectivity index (χ1n) is 7.91. The molecule has 0 saturated carbocycles. The number of aryl methyl sites for hydroxylation is 2. The summed E-state index contributed by atoms with van der Waals surface area (Å²) in [6.45, 7) is 3.29. The monoisotopic (exact) mass is 317 g/mol. The number of nitrogens with zero attached hydrogens (tertiary/aromatic N) is 3. The van der Waals surface area contributed by atoms with Crippen molar-refractivity contribution in [2.75, 3.05) is 13.1 Å². The molecule has 0 bridgehead atoms. The molecule has 0 aromatic carbocycles. The Morgan fingerprint density at radius 1 is 1.41 bits per heavy atom. The highest BCUT2D eigenvalue weighted by atomic mass is 32.1. The van der Waals surface area contributed by atoms with Gasteiger partial charge in [0, 0.05) is 13.1 Å². The van der Waals surface area contributed by atoms with E-state index in [0.29, 0.717) is 18.3 Å². The number of hydrogen-bond acceptors (Lipinski definition) is 5. The molecule has 116 valence electrons. The fourth-order valence-corrected chi connectivity index (χ4v) is 4.59. The number of carbonyl (C=O) groups is 1. The third kappa shape index (κ3) is 2.35. The standard InChI is InChI=1S/C16H19N3O2S/c1-10-17-15(21-18-10)11-6-7-19(8-11)16(20)14-13-5-3-2-4-12(13)9-22-14/h9,11H,2-8H2,1H3. The number of hydrogen-bond donors (Lipinski definition) is 0. The second-order valence-corrected chi connectivity index (χ2v) is 7.07. The van der Waals surface area contributed by atoms with E-state index in [9.17, 15) is 4.79 Å². The molecular weight excluding hydrogens is 298 g/mol. The summed E-state index contributed by atoms with van der Waals surface area (Å²) in [5, 5.41) is 6.03. The van der Waals surface area contributed by atoms with Crippen LogP contribution >= 0.6 is 11.3 Å². The molecule has 1 atom stereocenters. The van der Waals surface area contributed by atoms with Gasteiger partial charge in [-0.3, -0.25) is 4.79 Å². The maximum atomic E-state index is 12.8. The van der Waals surface area contributed by atoms with Gasteiger partial charge in [-0.25, -0.2) is 0 Å². The van der Waals surface area contributed by atoms with Crippen LogP contribution in [-0.4, -0.2) is 34.0 Å². The molecule has 1 aliphatic heterocycles. The van der Waals surface area contributed by atoms with E-state index in [-0.39, 0.29) is 11.8 Å². The number of rotatable bonds is 2. The average Bonchev–Trinajstić information content (AvgIpc) is 3.25. The molecule has 0 N–H and O–H groups in total. The Bertz CT molecular complexity index is 706. The summed E-state index contributed by atoms with van der Waals surface area (Å²) in [4.78, 5) is 20.0. The van der Waals surface area contributed by atoms with Crippen molar-refractivity contribution < 1.29 is 9.32 Å². The summed E-state index contributed by atoms with van der Waals surface area (Å²) in [6.07, 6.45) is 5.54. The first-order valence-corrected chi connectivity index (χ1v) is 8.79. The molecule has 3 heterocycles. The van der Waals surface area contributed by atoms with Crippen LogP contribution in [0.4, 0.5) is 0 Å². The van der Waals surface area contributed by atoms with Crippen molar-refractivity contribution in [1.29, 1.82) is 0 Å². The predicted molar refractivity (Wildman–Crippen MR) is 83.3 cm³/mol. The van der Waals surface area contributed by atoms with E-state index >= 15 is 0 Å². The predicted octanol–water partition coefficient (Wildman–Crippen LogP) is 2.95. The van der Waals surface area contributed by atoms with Gasteiger partial charge in [0.25, 0.3) is 5.91 Å². The molecule has 22 heavy (non-hydrogen) atoms. The number of likely N-dealkylation sites (tertiary alicyclic amines) is 1. The van der Waals surface area contributed by atoms with E-state index in [1.165, 1.54) is 24.0 Å². The topological polar surface area (TPSA) is 59.2 Å². The quantitative estimate of drug-likeness (QED) is 0.854. The van der Waals surface area contributed by atoms with Crippen LogP contribution in [0, 0.1) is 6.92 Å². The van der Waals surface area contributed by atoms with Gasteiger partial charge in [-0.15, -0.1) is 11.3 Å². The molecule has 1 fully saturated rings. The summed E-state index contributed by atoms with van der Waals surface area (Å²) >= 11 is 1.62. The Kier molecular flexibility index (Phi) is 3.48. The van der Waals surface area contributed by atoms with Gasteiger partial charge in [-0.1, -0.05) is 5.16 Å². The van der Waals surface area contributed by atoms with Crippen LogP contribution in [0.5, 0.6) is 0 Å². The Morgan fingerprint density at radius 2 is 2.27 bits per heavy atom. The molecule has 0 radical (unpaired) electrons. The third-order valence-electron chi connectivity index (χ3n) is 4.67. The van der Waals surface area contributed by atoms with Gasteiger partial charge in [0.15, 0.2) is 5.82 Å². The Labute approximate surface area is 133 Å². The smallest absolute Gasteiger partial charge is 0.264 e. The molecule has 1 saturated heterocycles. The Hall–Kier alpha value is -1.69. The van der Waals surface area contributed by atoms with Crippen molar-refractivity contribution in [2.24, 2.45) is 0 Å². The van der Waals surface area contributed by atoms with Gasteiger partial charge in [0.05, 0.1) is 10.8 Å². The van der Waals surface area contributed by atoms with Crippen molar-refractivity contribution in [3.63, 3.8) is 0 Å². The number of carbonyl (C=O) groups excluding carboxylic acids is 1. The summed E-state index contributed by atoms with van der Waals surface area (Å²) in [5.41, 5.74) is 2.70. The van der Waals surface area contributed by atoms with Gasteiger partial charge in [-0.05, 0) is 55.5 Å². The highest BCUT2D eigenvalue weighted by Gasteiger charge is 2.33. The molecule has 5 nitrogen and oxygen atoms in total. The van der Waals surface area contributed by atoms with Crippen LogP contribution in [0.15, 0.2) is 9.90 Å². The van der Waals surface area contributed by atoms with Crippen molar-refractivity contribution >= 4 is 17.2 Å². The third-order valence-corrected chi connectivity index (χ3v) is 5.72. The number of aromatic nitrogens is 2. The van der Waals surface area contributed by atoms with Crippen LogP contribution in [0.25, 0.3) is 0 Å². The van der Waals surface area contributed by atoms with Crippen LogP contribution in [0.3, 0.4) is 0 Å². The van der Waals surface area contributed by atoms with Gasteiger partial charge in [0.2, 0.25) is 5.89 Å². The van der Waals surface area contributed by atoms with Crippen molar-refractivity contribution in [2.45, 2.75) is 44.9 Å². The summed E-state index contributed by atoms with van der Waals surface area (Å²) < 4.78 is 5.26. The minimum Gasteiger partial charge on any atom is -0.339 e. The molecule has 2 aromatic heterocycles. The highest BCUT2D eigenvalue weighted by molar-refractivity contribution is 7.12. The van der Waals surface area contributed by atoms with E-state index < -0.39 is 0 Å². The lowest BCUT2D eigenvalue weighted by Crippen LogP contribution is -2.28. The molecule has 1 amide bonds. The average molecular weight is 317 g/mol. The Morgan fingerprint density at radius 3 is 3.09 bits per heavy atom. The van der Waals surface area contributed by atoms with Crippen LogP contribution in [-0.2, 0) is 12.8 Å². The van der Waals surface area contributed by atoms with Gasteiger partial charge >= 0.3 is 0 Å². The first kappa shape index (κ1) is 13.9. The molecule has 2 aliphatic rings. The Balaban J connectivity index is 1.51. The molecular formula is C16H19N3O2S. The zero-order valence-corrected chi connectivity index (χ0v) is 13.5. The lowest BCUT2D eigenvalue weighted by atomic mass is 9.94. The fourth-order valence-electron chi connectivity index (χ4n) is 3.47. The summed E-state index contributed by atoms with van der Waals surface area (Å²) in [7, 11) is 0. The summed E-state index contributed by atoms with van der Waals surface area (Å²) in [5.74, 6) is 1.70. The summed E-state index contributed by atoms with van der Waals surface area (Å²) in [6, 6.07) is 0. The molecule has 0 spiro atoms. The lowest BCUT2D eigenvalue weighted by molar-refractivity contribution is 0.0793. The maximum Gasteiger partial charge on any atom is 0.264 e.